The summed E-state index contributed by atoms with van der Waals surface area (Å²) in [6.07, 6.45) is 0.825. The molecule has 1 aliphatic heterocycles. The Kier molecular flexibility index (Phi) is 4.26. The summed E-state index contributed by atoms with van der Waals surface area (Å²) in [5, 5.41) is 3.49. The van der Waals surface area contributed by atoms with Crippen molar-refractivity contribution in [1.82, 2.24) is 4.37 Å². The molecule has 0 radical (unpaired) electrons. The van der Waals surface area contributed by atoms with E-state index in [1.165, 1.54) is 11.5 Å². The molecular formula is C15H16N2O3S2. The topological polar surface area (TPSA) is 76.1 Å². The highest BCUT2D eigenvalue weighted by Gasteiger charge is 2.29. The van der Waals surface area contributed by atoms with E-state index in [0.717, 1.165) is 11.3 Å². The maximum Gasteiger partial charge on any atom is 0.225 e. The summed E-state index contributed by atoms with van der Waals surface area (Å²) in [5.74, 6) is 0.110. The van der Waals surface area contributed by atoms with Crippen LogP contribution in [0.4, 0.5) is 5.00 Å². The molecule has 0 saturated carbocycles. The molecule has 1 atom stereocenters. The van der Waals surface area contributed by atoms with Gasteiger partial charge in [-0.1, -0.05) is 30.3 Å². The van der Waals surface area contributed by atoms with Gasteiger partial charge in [0.05, 0.1) is 17.2 Å². The number of carbonyl (C=O) groups is 1. The van der Waals surface area contributed by atoms with Crippen LogP contribution in [-0.4, -0.2) is 30.2 Å². The van der Waals surface area contributed by atoms with E-state index < -0.39 is 9.84 Å². The largest absolute Gasteiger partial charge is 0.316 e. The van der Waals surface area contributed by atoms with E-state index in [0.29, 0.717) is 11.4 Å². The van der Waals surface area contributed by atoms with E-state index in [9.17, 15) is 13.2 Å². The van der Waals surface area contributed by atoms with E-state index in [1.807, 2.05) is 36.4 Å². The number of hydrogen-bond donors (Lipinski definition) is 1. The lowest BCUT2D eigenvalue weighted by atomic mass is 10.1. The van der Waals surface area contributed by atoms with Gasteiger partial charge < -0.3 is 5.32 Å². The molecule has 1 unspecified atom stereocenters. The zero-order valence-corrected chi connectivity index (χ0v) is 13.5. The average molecular weight is 336 g/mol. The van der Waals surface area contributed by atoms with Gasteiger partial charge in [0.1, 0.15) is 5.00 Å². The number of hydrogen-bond acceptors (Lipinski definition) is 5. The first-order chi connectivity index (χ1) is 10.5. The van der Waals surface area contributed by atoms with E-state index >= 15 is 0 Å². The summed E-state index contributed by atoms with van der Waals surface area (Å²) in [4.78, 5) is 12.0. The minimum absolute atomic E-state index is 0.0634. The van der Waals surface area contributed by atoms with Crippen molar-refractivity contribution in [3.63, 3.8) is 0 Å². The minimum Gasteiger partial charge on any atom is -0.316 e. The number of amides is 1. The van der Waals surface area contributed by atoms with Crippen molar-refractivity contribution in [1.29, 1.82) is 0 Å². The summed E-state index contributed by atoms with van der Waals surface area (Å²) >= 11 is 1.23. The fourth-order valence-corrected chi connectivity index (χ4v) is 5.10. The molecule has 7 heteroatoms. The van der Waals surface area contributed by atoms with Crippen molar-refractivity contribution in [2.45, 2.75) is 12.8 Å². The lowest BCUT2D eigenvalue weighted by Crippen LogP contribution is -2.16. The standard InChI is InChI=1S/C15H16N2O3S2/c18-14(8-11-6-7-22(19,20)10-11)16-15-9-13(17-21-15)12-4-2-1-3-5-12/h1-5,9,11H,6-8,10H2,(H,16,18). The van der Waals surface area contributed by atoms with E-state index in [-0.39, 0.29) is 29.8 Å². The third-order valence-corrected chi connectivity index (χ3v) is 6.18. The second-order valence-electron chi connectivity index (χ2n) is 5.46. The molecule has 1 aliphatic rings. The van der Waals surface area contributed by atoms with E-state index in [2.05, 4.69) is 9.69 Å². The number of aromatic nitrogens is 1. The summed E-state index contributed by atoms with van der Waals surface area (Å²) in [6, 6.07) is 11.6. The summed E-state index contributed by atoms with van der Waals surface area (Å²) in [6.45, 7) is 0. The Labute approximate surface area is 133 Å². The van der Waals surface area contributed by atoms with Crippen molar-refractivity contribution in [2.75, 3.05) is 16.8 Å². The predicted molar refractivity (Wildman–Crippen MR) is 87.6 cm³/mol. The number of anilines is 1. The van der Waals surface area contributed by atoms with Crippen LogP contribution in [0.3, 0.4) is 0 Å². The maximum absolute atomic E-state index is 12.0. The van der Waals surface area contributed by atoms with Crippen molar-refractivity contribution < 1.29 is 13.2 Å². The highest BCUT2D eigenvalue weighted by Crippen LogP contribution is 2.26. The van der Waals surface area contributed by atoms with Crippen molar-refractivity contribution in [3.8, 4) is 11.3 Å². The van der Waals surface area contributed by atoms with Gasteiger partial charge in [0.2, 0.25) is 5.91 Å². The van der Waals surface area contributed by atoms with Crippen LogP contribution in [0.2, 0.25) is 0 Å². The predicted octanol–water partition coefficient (Wildman–Crippen LogP) is 2.57. The van der Waals surface area contributed by atoms with Crippen LogP contribution in [0, 0.1) is 5.92 Å². The van der Waals surface area contributed by atoms with Crippen LogP contribution in [0.15, 0.2) is 36.4 Å². The van der Waals surface area contributed by atoms with Gasteiger partial charge in [0.25, 0.3) is 0 Å². The Hall–Kier alpha value is -1.73. The summed E-state index contributed by atoms with van der Waals surface area (Å²) in [7, 11) is -2.94. The molecular weight excluding hydrogens is 320 g/mol. The van der Waals surface area contributed by atoms with Crippen molar-refractivity contribution >= 4 is 32.3 Å². The van der Waals surface area contributed by atoms with Crippen LogP contribution in [0.5, 0.6) is 0 Å². The van der Waals surface area contributed by atoms with Crippen LogP contribution >= 0.6 is 11.5 Å². The maximum atomic E-state index is 12.0. The first-order valence-corrected chi connectivity index (χ1v) is 9.64. The number of carbonyl (C=O) groups excluding carboxylic acids is 1. The first-order valence-electron chi connectivity index (χ1n) is 7.04. The third kappa shape index (κ3) is 3.72. The lowest BCUT2D eigenvalue weighted by Gasteiger charge is -2.06. The highest BCUT2D eigenvalue weighted by molar-refractivity contribution is 7.91. The van der Waals surface area contributed by atoms with Crippen molar-refractivity contribution in [2.24, 2.45) is 5.92 Å². The zero-order chi connectivity index (χ0) is 15.6. The Morgan fingerprint density at radius 2 is 2.09 bits per heavy atom. The number of sulfone groups is 1. The van der Waals surface area contributed by atoms with E-state index in [4.69, 9.17) is 0 Å². The van der Waals surface area contributed by atoms with Crippen LogP contribution < -0.4 is 5.32 Å². The van der Waals surface area contributed by atoms with Gasteiger partial charge in [-0.3, -0.25) is 4.79 Å². The van der Waals surface area contributed by atoms with Crippen LogP contribution in [-0.2, 0) is 14.6 Å². The summed E-state index contributed by atoms with van der Waals surface area (Å²) < 4.78 is 27.1. The molecule has 116 valence electrons. The Balaban J connectivity index is 1.60. The molecule has 22 heavy (non-hydrogen) atoms. The summed E-state index contributed by atoms with van der Waals surface area (Å²) in [5.41, 5.74) is 1.82. The molecule has 0 aliphatic carbocycles. The van der Waals surface area contributed by atoms with Crippen LogP contribution in [0.25, 0.3) is 11.3 Å². The smallest absolute Gasteiger partial charge is 0.225 e. The quantitative estimate of drug-likeness (QED) is 0.931. The number of nitrogens with one attached hydrogen (secondary N) is 1. The Bertz CT molecular complexity index is 769. The van der Waals surface area contributed by atoms with Gasteiger partial charge in [0, 0.05) is 18.1 Å². The van der Waals surface area contributed by atoms with E-state index in [1.54, 1.807) is 0 Å². The fraction of sp³-hybridized carbons (Fsp3) is 0.333. The third-order valence-electron chi connectivity index (χ3n) is 3.64. The zero-order valence-electron chi connectivity index (χ0n) is 11.9. The molecule has 1 amide bonds. The molecule has 1 fully saturated rings. The molecule has 2 aromatic rings. The highest BCUT2D eigenvalue weighted by atomic mass is 32.2. The number of rotatable bonds is 4. The molecule has 1 aromatic heterocycles. The van der Waals surface area contributed by atoms with Gasteiger partial charge in [-0.2, -0.15) is 4.37 Å². The van der Waals surface area contributed by atoms with Gasteiger partial charge in [-0.05, 0) is 23.9 Å². The number of benzene rings is 1. The Morgan fingerprint density at radius 1 is 1.32 bits per heavy atom. The second kappa shape index (κ2) is 6.18. The van der Waals surface area contributed by atoms with Crippen molar-refractivity contribution in [3.05, 3.63) is 36.4 Å². The van der Waals surface area contributed by atoms with Gasteiger partial charge in [-0.15, -0.1) is 0 Å². The van der Waals surface area contributed by atoms with Gasteiger partial charge in [-0.25, -0.2) is 8.42 Å². The van der Waals surface area contributed by atoms with Crippen LogP contribution in [0.1, 0.15) is 12.8 Å². The normalized spacial score (nSPS) is 19.9. The minimum atomic E-state index is -2.94. The van der Waals surface area contributed by atoms with Gasteiger partial charge in [0.15, 0.2) is 9.84 Å². The molecule has 0 spiro atoms. The monoisotopic (exact) mass is 336 g/mol. The second-order valence-corrected chi connectivity index (χ2v) is 8.50. The van der Waals surface area contributed by atoms with Gasteiger partial charge >= 0.3 is 0 Å². The molecule has 3 rings (SSSR count). The molecule has 1 saturated heterocycles. The lowest BCUT2D eigenvalue weighted by molar-refractivity contribution is -0.116. The Morgan fingerprint density at radius 3 is 2.77 bits per heavy atom. The molecule has 5 nitrogen and oxygen atoms in total. The fourth-order valence-electron chi connectivity index (χ4n) is 2.56. The molecule has 2 heterocycles. The molecule has 1 aromatic carbocycles. The number of nitrogens with zero attached hydrogens (tertiary/aromatic N) is 1. The molecule has 1 N–H and O–H groups in total. The SMILES string of the molecule is O=C(CC1CCS(=O)(=O)C1)Nc1cc(-c2ccccc2)ns1. The first kappa shape index (κ1) is 15.2. The average Bonchev–Trinajstić information content (AvgIpc) is 3.06. The molecule has 0 bridgehead atoms.